The molecule has 0 heterocycles. The first-order valence-corrected chi connectivity index (χ1v) is 7.05. The van der Waals surface area contributed by atoms with Crippen LogP contribution in [0, 0.1) is 5.41 Å². The quantitative estimate of drug-likeness (QED) is 0.767. The van der Waals surface area contributed by atoms with E-state index in [-0.39, 0.29) is 17.1 Å². The molecule has 4 heteroatoms. The average Bonchev–Trinajstić information content (AvgIpc) is 2.39. The van der Waals surface area contributed by atoms with Crippen molar-refractivity contribution in [3.05, 3.63) is 65.2 Å². The van der Waals surface area contributed by atoms with E-state index in [0.717, 1.165) is 23.3 Å². The highest BCUT2D eigenvalue weighted by molar-refractivity contribution is 5.38. The van der Waals surface area contributed by atoms with Gasteiger partial charge in [0.1, 0.15) is 5.75 Å². The fourth-order valence-corrected chi connectivity index (χ4v) is 2.72. The van der Waals surface area contributed by atoms with Crippen LogP contribution in [0.5, 0.6) is 5.75 Å². The monoisotopic (exact) mass is 308 g/mol. The molecule has 1 unspecified atom stereocenters. The number of hydrogen-bond acceptors (Lipinski definition) is 1. The van der Waals surface area contributed by atoms with Gasteiger partial charge in [-0.1, -0.05) is 45.0 Å². The molecule has 2 aromatic carbocycles. The van der Waals surface area contributed by atoms with E-state index in [1.165, 1.54) is 12.1 Å². The zero-order valence-corrected chi connectivity index (χ0v) is 12.8. The number of benzene rings is 2. The van der Waals surface area contributed by atoms with Gasteiger partial charge in [0.2, 0.25) is 0 Å². The molecule has 1 atom stereocenters. The van der Waals surface area contributed by atoms with E-state index in [2.05, 4.69) is 0 Å². The minimum atomic E-state index is -4.33. The minimum Gasteiger partial charge on any atom is -0.508 e. The summed E-state index contributed by atoms with van der Waals surface area (Å²) in [7, 11) is 0. The smallest absolute Gasteiger partial charge is 0.416 e. The molecular weight excluding hydrogens is 289 g/mol. The topological polar surface area (TPSA) is 20.2 Å². The Morgan fingerprint density at radius 1 is 0.773 bits per heavy atom. The second-order valence-electron chi connectivity index (χ2n) is 6.51. The standard InChI is InChI=1S/C18H19F3O/c1-17(2,3)16(13-6-10-15(22)11-7-13)12-4-8-14(9-5-12)18(19,20)21/h4-11,16,22H,1-3H3. The van der Waals surface area contributed by atoms with E-state index in [9.17, 15) is 18.3 Å². The molecule has 0 aliphatic heterocycles. The first-order valence-electron chi connectivity index (χ1n) is 7.05. The van der Waals surface area contributed by atoms with Crippen LogP contribution in [-0.4, -0.2) is 5.11 Å². The zero-order valence-electron chi connectivity index (χ0n) is 12.8. The van der Waals surface area contributed by atoms with Gasteiger partial charge >= 0.3 is 6.18 Å². The molecule has 0 radical (unpaired) electrons. The largest absolute Gasteiger partial charge is 0.508 e. The van der Waals surface area contributed by atoms with Crippen LogP contribution in [0.3, 0.4) is 0 Å². The lowest BCUT2D eigenvalue weighted by atomic mass is 9.72. The normalized spacial score (nSPS) is 13.9. The molecule has 0 saturated carbocycles. The lowest BCUT2D eigenvalue weighted by Gasteiger charge is -2.32. The van der Waals surface area contributed by atoms with Gasteiger partial charge in [0.25, 0.3) is 0 Å². The number of phenols is 1. The molecule has 2 rings (SSSR count). The van der Waals surface area contributed by atoms with E-state index in [1.54, 1.807) is 12.1 Å². The van der Waals surface area contributed by atoms with Crippen LogP contribution in [0.25, 0.3) is 0 Å². The maximum Gasteiger partial charge on any atom is 0.416 e. The van der Waals surface area contributed by atoms with Crippen LogP contribution >= 0.6 is 0 Å². The first kappa shape index (κ1) is 16.4. The Balaban J connectivity index is 2.45. The predicted octanol–water partition coefficient (Wildman–Crippen LogP) is 5.59. The lowest BCUT2D eigenvalue weighted by Crippen LogP contribution is -2.20. The number of hydrogen-bond donors (Lipinski definition) is 1. The molecule has 0 aliphatic carbocycles. The van der Waals surface area contributed by atoms with Crippen molar-refractivity contribution in [1.29, 1.82) is 0 Å². The summed E-state index contributed by atoms with van der Waals surface area (Å²) in [6, 6.07) is 12.1. The Kier molecular flexibility index (Phi) is 4.23. The fourth-order valence-electron chi connectivity index (χ4n) is 2.72. The Morgan fingerprint density at radius 3 is 1.55 bits per heavy atom. The second-order valence-corrected chi connectivity index (χ2v) is 6.51. The maximum atomic E-state index is 12.7. The van der Waals surface area contributed by atoms with E-state index in [0.29, 0.717) is 0 Å². The van der Waals surface area contributed by atoms with Crippen molar-refractivity contribution >= 4 is 0 Å². The molecule has 0 aromatic heterocycles. The molecule has 2 aromatic rings. The third kappa shape index (κ3) is 3.62. The first-order chi connectivity index (χ1) is 10.1. The van der Waals surface area contributed by atoms with Gasteiger partial charge in [-0.3, -0.25) is 0 Å². The van der Waals surface area contributed by atoms with Crippen LogP contribution in [-0.2, 0) is 6.18 Å². The summed E-state index contributed by atoms with van der Waals surface area (Å²) in [6.07, 6.45) is -4.33. The summed E-state index contributed by atoms with van der Waals surface area (Å²) in [5.41, 5.74) is 0.974. The highest BCUT2D eigenvalue weighted by Crippen LogP contribution is 2.41. The molecular formula is C18H19F3O. The van der Waals surface area contributed by atoms with Gasteiger partial charge in [-0.15, -0.1) is 0 Å². The Bertz CT molecular complexity index is 619. The van der Waals surface area contributed by atoms with Gasteiger partial charge in [-0.2, -0.15) is 13.2 Å². The third-order valence-corrected chi connectivity index (χ3v) is 3.66. The summed E-state index contributed by atoms with van der Waals surface area (Å²) < 4.78 is 38.1. The number of rotatable bonds is 2. The van der Waals surface area contributed by atoms with Crippen LogP contribution < -0.4 is 0 Å². The summed E-state index contributed by atoms with van der Waals surface area (Å²) in [4.78, 5) is 0. The lowest BCUT2D eigenvalue weighted by molar-refractivity contribution is -0.137. The molecule has 0 fully saturated rings. The molecule has 0 spiro atoms. The summed E-state index contributed by atoms with van der Waals surface area (Å²) >= 11 is 0. The van der Waals surface area contributed by atoms with Crippen LogP contribution in [0.2, 0.25) is 0 Å². The fraction of sp³-hybridized carbons (Fsp3) is 0.333. The minimum absolute atomic E-state index is 0.0598. The van der Waals surface area contributed by atoms with Gasteiger partial charge in [0.15, 0.2) is 0 Å². The molecule has 0 saturated heterocycles. The maximum absolute atomic E-state index is 12.7. The average molecular weight is 308 g/mol. The highest BCUT2D eigenvalue weighted by atomic mass is 19.4. The molecule has 1 nitrogen and oxygen atoms in total. The van der Waals surface area contributed by atoms with E-state index >= 15 is 0 Å². The third-order valence-electron chi connectivity index (χ3n) is 3.66. The van der Waals surface area contributed by atoms with Gasteiger partial charge in [-0.25, -0.2) is 0 Å². The summed E-state index contributed by atoms with van der Waals surface area (Å²) in [5, 5.41) is 9.41. The number of aromatic hydroxyl groups is 1. The van der Waals surface area contributed by atoms with Crippen molar-refractivity contribution in [2.24, 2.45) is 5.41 Å². The Labute approximate surface area is 128 Å². The molecule has 0 aliphatic rings. The Hall–Kier alpha value is -1.97. The van der Waals surface area contributed by atoms with E-state index in [4.69, 9.17) is 0 Å². The van der Waals surface area contributed by atoms with Crippen molar-refractivity contribution in [2.75, 3.05) is 0 Å². The molecule has 0 amide bonds. The number of halogens is 3. The van der Waals surface area contributed by atoms with Crippen molar-refractivity contribution in [2.45, 2.75) is 32.9 Å². The molecule has 1 N–H and O–H groups in total. The zero-order chi connectivity index (χ0) is 16.5. The summed E-state index contributed by atoms with van der Waals surface area (Å²) in [6.45, 7) is 6.13. The number of phenolic OH excluding ortho intramolecular Hbond substituents is 1. The van der Waals surface area contributed by atoms with Crippen LogP contribution in [0.1, 0.15) is 43.4 Å². The van der Waals surface area contributed by atoms with Gasteiger partial charge < -0.3 is 5.11 Å². The predicted molar refractivity (Wildman–Crippen MR) is 80.8 cm³/mol. The van der Waals surface area contributed by atoms with Crippen molar-refractivity contribution in [3.63, 3.8) is 0 Å². The van der Waals surface area contributed by atoms with Crippen molar-refractivity contribution < 1.29 is 18.3 Å². The van der Waals surface area contributed by atoms with Crippen molar-refractivity contribution in [3.8, 4) is 5.75 Å². The van der Waals surface area contributed by atoms with Gasteiger partial charge in [0, 0.05) is 5.92 Å². The van der Waals surface area contributed by atoms with Gasteiger partial charge in [-0.05, 0) is 40.8 Å². The SMILES string of the molecule is CC(C)(C)C(c1ccc(O)cc1)c1ccc(C(F)(F)F)cc1. The van der Waals surface area contributed by atoms with Crippen LogP contribution in [0.4, 0.5) is 13.2 Å². The van der Waals surface area contributed by atoms with E-state index < -0.39 is 11.7 Å². The molecule has 118 valence electrons. The van der Waals surface area contributed by atoms with Crippen molar-refractivity contribution in [1.82, 2.24) is 0 Å². The molecule has 22 heavy (non-hydrogen) atoms. The molecule has 0 bridgehead atoms. The van der Waals surface area contributed by atoms with E-state index in [1.807, 2.05) is 32.9 Å². The van der Waals surface area contributed by atoms with Gasteiger partial charge in [0.05, 0.1) is 5.56 Å². The number of alkyl halides is 3. The second kappa shape index (κ2) is 5.67. The Morgan fingerprint density at radius 2 is 1.18 bits per heavy atom. The van der Waals surface area contributed by atoms with Crippen LogP contribution in [0.15, 0.2) is 48.5 Å². The summed E-state index contributed by atoms with van der Waals surface area (Å²) in [5.74, 6) is 0.110. The highest BCUT2D eigenvalue weighted by Gasteiger charge is 2.32.